The summed E-state index contributed by atoms with van der Waals surface area (Å²) in [6, 6.07) is 7.88. The van der Waals surface area contributed by atoms with Crippen molar-refractivity contribution in [2.75, 3.05) is 0 Å². The van der Waals surface area contributed by atoms with E-state index in [1.54, 1.807) is 0 Å². The molecule has 0 N–H and O–H groups in total. The van der Waals surface area contributed by atoms with Crippen LogP contribution in [0.1, 0.15) is 29.3 Å². The van der Waals surface area contributed by atoms with Crippen LogP contribution >= 0.6 is 0 Å². The lowest BCUT2D eigenvalue weighted by atomic mass is 10.0. The molecule has 0 amide bonds. The van der Waals surface area contributed by atoms with Crippen LogP contribution in [-0.4, -0.2) is 5.78 Å². The van der Waals surface area contributed by atoms with Crippen LogP contribution in [-0.2, 0) is 6.42 Å². The summed E-state index contributed by atoms with van der Waals surface area (Å²) in [5, 5.41) is 0. The highest BCUT2D eigenvalue weighted by atomic mass is 16.1. The largest absolute Gasteiger partial charge is 0.294 e. The average Bonchev–Trinajstić information content (AvgIpc) is 2.27. The number of fused-ring (bicyclic) bond motifs is 1. The SMILES string of the molecule is CC1=CCC(=O)c2ccccc2C1. The normalized spacial score (nSPS) is 16.1. The van der Waals surface area contributed by atoms with E-state index in [1.165, 1.54) is 11.1 Å². The summed E-state index contributed by atoms with van der Waals surface area (Å²) in [5.41, 5.74) is 3.35. The Hall–Kier alpha value is -1.37. The zero-order chi connectivity index (χ0) is 9.26. The maximum absolute atomic E-state index is 11.6. The Morgan fingerprint density at radius 3 is 2.85 bits per heavy atom. The Morgan fingerprint density at radius 2 is 2.00 bits per heavy atom. The van der Waals surface area contributed by atoms with E-state index >= 15 is 0 Å². The lowest BCUT2D eigenvalue weighted by molar-refractivity contribution is 0.0996. The van der Waals surface area contributed by atoms with Crippen LogP contribution < -0.4 is 0 Å². The molecular weight excluding hydrogens is 160 g/mol. The van der Waals surface area contributed by atoms with Crippen molar-refractivity contribution in [3.63, 3.8) is 0 Å². The smallest absolute Gasteiger partial charge is 0.166 e. The van der Waals surface area contributed by atoms with E-state index in [0.29, 0.717) is 6.42 Å². The molecule has 0 unspecified atom stereocenters. The molecule has 0 bridgehead atoms. The van der Waals surface area contributed by atoms with Gasteiger partial charge in [-0.3, -0.25) is 4.79 Å². The minimum atomic E-state index is 0.243. The van der Waals surface area contributed by atoms with Gasteiger partial charge in [-0.25, -0.2) is 0 Å². The van der Waals surface area contributed by atoms with Crippen molar-refractivity contribution < 1.29 is 4.79 Å². The molecule has 1 aromatic carbocycles. The van der Waals surface area contributed by atoms with Gasteiger partial charge in [0.05, 0.1) is 0 Å². The number of hydrogen-bond donors (Lipinski definition) is 0. The number of allylic oxidation sites excluding steroid dienone is 2. The van der Waals surface area contributed by atoms with Crippen molar-refractivity contribution in [2.24, 2.45) is 0 Å². The van der Waals surface area contributed by atoms with Crippen molar-refractivity contribution in [2.45, 2.75) is 19.8 Å². The summed E-state index contributed by atoms with van der Waals surface area (Å²) in [5.74, 6) is 0.243. The van der Waals surface area contributed by atoms with Crippen LogP contribution in [0.5, 0.6) is 0 Å². The van der Waals surface area contributed by atoms with Gasteiger partial charge in [-0.05, 0) is 18.9 Å². The molecule has 2 rings (SSSR count). The number of Topliss-reactive ketones (excluding diaryl/α,β-unsaturated/α-hetero) is 1. The third-order valence-corrected chi connectivity index (χ3v) is 2.42. The van der Waals surface area contributed by atoms with Crippen LogP contribution in [0, 0.1) is 0 Å². The molecule has 0 spiro atoms. The van der Waals surface area contributed by atoms with Crippen LogP contribution in [0.25, 0.3) is 0 Å². The number of hydrogen-bond acceptors (Lipinski definition) is 1. The second kappa shape index (κ2) is 3.17. The van der Waals surface area contributed by atoms with E-state index in [9.17, 15) is 4.79 Å². The molecule has 0 radical (unpaired) electrons. The monoisotopic (exact) mass is 172 g/mol. The van der Waals surface area contributed by atoms with Crippen LogP contribution in [0.4, 0.5) is 0 Å². The van der Waals surface area contributed by atoms with Crippen molar-refractivity contribution in [1.29, 1.82) is 0 Å². The highest BCUT2D eigenvalue weighted by molar-refractivity contribution is 5.99. The molecule has 0 aromatic heterocycles. The third-order valence-electron chi connectivity index (χ3n) is 2.42. The molecule has 0 fully saturated rings. The zero-order valence-electron chi connectivity index (χ0n) is 7.71. The standard InChI is InChI=1S/C12H12O/c1-9-6-7-12(13)11-5-3-2-4-10(11)8-9/h2-6H,7-8H2,1H3. The van der Waals surface area contributed by atoms with Crippen molar-refractivity contribution in [3.8, 4) is 0 Å². The van der Waals surface area contributed by atoms with E-state index in [1.807, 2.05) is 30.3 Å². The summed E-state index contributed by atoms with van der Waals surface area (Å²) >= 11 is 0. The molecule has 0 saturated carbocycles. The minimum Gasteiger partial charge on any atom is -0.294 e. The summed E-state index contributed by atoms with van der Waals surface area (Å²) in [6.45, 7) is 2.08. The zero-order valence-corrected chi connectivity index (χ0v) is 7.71. The summed E-state index contributed by atoms with van der Waals surface area (Å²) < 4.78 is 0. The minimum absolute atomic E-state index is 0.243. The lowest BCUT2D eigenvalue weighted by Gasteiger charge is -2.03. The van der Waals surface area contributed by atoms with Gasteiger partial charge >= 0.3 is 0 Å². The van der Waals surface area contributed by atoms with Crippen LogP contribution in [0.15, 0.2) is 35.9 Å². The maximum Gasteiger partial charge on any atom is 0.166 e. The Kier molecular flexibility index (Phi) is 2.01. The van der Waals surface area contributed by atoms with Gasteiger partial charge in [0.15, 0.2) is 5.78 Å². The summed E-state index contributed by atoms with van der Waals surface area (Å²) in [7, 11) is 0. The van der Waals surface area contributed by atoms with Gasteiger partial charge in [0.2, 0.25) is 0 Å². The molecule has 0 aliphatic heterocycles. The number of benzene rings is 1. The molecular formula is C12H12O. The van der Waals surface area contributed by atoms with Gasteiger partial charge in [-0.15, -0.1) is 0 Å². The maximum atomic E-state index is 11.6. The first kappa shape index (κ1) is 8.24. The molecule has 13 heavy (non-hydrogen) atoms. The van der Waals surface area contributed by atoms with Crippen LogP contribution in [0.3, 0.4) is 0 Å². The number of rotatable bonds is 0. The second-order valence-corrected chi connectivity index (χ2v) is 3.51. The van der Waals surface area contributed by atoms with E-state index in [2.05, 4.69) is 6.92 Å². The lowest BCUT2D eigenvalue weighted by Crippen LogP contribution is -1.99. The van der Waals surface area contributed by atoms with Crippen molar-refractivity contribution >= 4 is 5.78 Å². The molecule has 1 aromatic rings. The van der Waals surface area contributed by atoms with Gasteiger partial charge in [0, 0.05) is 12.0 Å². The van der Waals surface area contributed by atoms with Gasteiger partial charge < -0.3 is 0 Å². The average molecular weight is 172 g/mol. The predicted octanol–water partition coefficient (Wildman–Crippen LogP) is 2.76. The quantitative estimate of drug-likeness (QED) is 0.550. The molecule has 0 atom stereocenters. The van der Waals surface area contributed by atoms with E-state index in [-0.39, 0.29) is 5.78 Å². The van der Waals surface area contributed by atoms with E-state index in [4.69, 9.17) is 0 Å². The van der Waals surface area contributed by atoms with Crippen molar-refractivity contribution in [1.82, 2.24) is 0 Å². The highest BCUT2D eigenvalue weighted by Gasteiger charge is 2.12. The predicted molar refractivity (Wildman–Crippen MR) is 52.9 cm³/mol. The fourth-order valence-electron chi connectivity index (χ4n) is 1.70. The highest BCUT2D eigenvalue weighted by Crippen LogP contribution is 2.19. The van der Waals surface area contributed by atoms with E-state index < -0.39 is 0 Å². The topological polar surface area (TPSA) is 17.1 Å². The molecule has 1 aliphatic rings. The first-order chi connectivity index (χ1) is 6.27. The Labute approximate surface area is 78.1 Å². The van der Waals surface area contributed by atoms with Crippen molar-refractivity contribution in [3.05, 3.63) is 47.0 Å². The first-order valence-corrected chi connectivity index (χ1v) is 4.54. The Bertz CT molecular complexity index is 374. The summed E-state index contributed by atoms with van der Waals surface area (Å²) in [6.07, 6.45) is 3.51. The van der Waals surface area contributed by atoms with Gasteiger partial charge in [0.25, 0.3) is 0 Å². The molecule has 66 valence electrons. The Balaban J connectivity index is 2.51. The van der Waals surface area contributed by atoms with E-state index in [0.717, 1.165) is 12.0 Å². The number of ketones is 1. The van der Waals surface area contributed by atoms with Gasteiger partial charge in [-0.2, -0.15) is 0 Å². The molecule has 1 aliphatic carbocycles. The fraction of sp³-hybridized carbons (Fsp3) is 0.250. The third kappa shape index (κ3) is 1.55. The van der Waals surface area contributed by atoms with Gasteiger partial charge in [0.1, 0.15) is 0 Å². The molecule has 0 heterocycles. The summed E-state index contributed by atoms with van der Waals surface area (Å²) in [4.78, 5) is 11.6. The molecule has 0 saturated heterocycles. The second-order valence-electron chi connectivity index (χ2n) is 3.51. The Morgan fingerprint density at radius 1 is 1.23 bits per heavy atom. The number of carbonyl (C=O) groups excluding carboxylic acids is 1. The van der Waals surface area contributed by atoms with Gasteiger partial charge in [-0.1, -0.05) is 35.9 Å². The first-order valence-electron chi connectivity index (χ1n) is 4.54. The molecule has 1 heteroatoms. The number of carbonyl (C=O) groups is 1. The fourth-order valence-corrected chi connectivity index (χ4v) is 1.70. The molecule has 1 nitrogen and oxygen atoms in total. The van der Waals surface area contributed by atoms with Crippen LogP contribution in [0.2, 0.25) is 0 Å².